The van der Waals surface area contributed by atoms with Gasteiger partial charge in [-0.2, -0.15) is 0 Å². The van der Waals surface area contributed by atoms with Gasteiger partial charge in [-0.15, -0.1) is 0 Å². The summed E-state index contributed by atoms with van der Waals surface area (Å²) in [5.41, 5.74) is 7.90. The summed E-state index contributed by atoms with van der Waals surface area (Å²) in [6.07, 6.45) is 7.78. The summed E-state index contributed by atoms with van der Waals surface area (Å²) in [4.78, 5) is 0. The zero-order chi connectivity index (χ0) is 15.0. The highest BCUT2D eigenvalue weighted by Gasteiger charge is 2.55. The first-order chi connectivity index (χ1) is 10.0. The van der Waals surface area contributed by atoms with E-state index in [0.717, 1.165) is 16.6 Å². The highest BCUT2D eigenvalue weighted by atomic mass is 79.9. The van der Waals surface area contributed by atoms with E-state index in [-0.39, 0.29) is 5.41 Å². The smallest absolute Gasteiger partial charge is 0.123 e. The van der Waals surface area contributed by atoms with Crippen molar-refractivity contribution in [3.8, 4) is 5.75 Å². The molecule has 0 aromatic heterocycles. The van der Waals surface area contributed by atoms with Gasteiger partial charge in [-0.3, -0.25) is 0 Å². The van der Waals surface area contributed by atoms with Gasteiger partial charge in [-0.05, 0) is 42.5 Å². The van der Waals surface area contributed by atoms with Crippen molar-refractivity contribution in [1.82, 2.24) is 0 Å². The second-order valence-corrected chi connectivity index (χ2v) is 8.00. The normalized spacial score (nSPS) is 27.7. The Kier molecular flexibility index (Phi) is 4.33. The van der Waals surface area contributed by atoms with Crippen molar-refractivity contribution in [3.63, 3.8) is 0 Å². The van der Waals surface area contributed by atoms with Gasteiger partial charge in [-0.25, -0.2) is 0 Å². The van der Waals surface area contributed by atoms with E-state index in [2.05, 4.69) is 48.0 Å². The molecule has 2 fully saturated rings. The Morgan fingerprint density at radius 1 is 1.24 bits per heavy atom. The molecule has 116 valence electrons. The molecule has 0 bridgehead atoms. The second-order valence-electron chi connectivity index (χ2n) is 7.08. The van der Waals surface area contributed by atoms with Gasteiger partial charge in [0.25, 0.3) is 0 Å². The molecular formula is C18H26BrNO. The van der Waals surface area contributed by atoms with Crippen molar-refractivity contribution in [3.05, 3.63) is 28.2 Å². The maximum atomic E-state index is 6.46. The summed E-state index contributed by atoms with van der Waals surface area (Å²) in [5.74, 6) is 1.52. The molecule has 1 aromatic rings. The Bertz CT molecular complexity index is 508. The Morgan fingerprint density at radius 3 is 2.57 bits per heavy atom. The van der Waals surface area contributed by atoms with Gasteiger partial charge in [0.2, 0.25) is 0 Å². The molecule has 0 heterocycles. The van der Waals surface area contributed by atoms with E-state index >= 15 is 0 Å². The molecule has 2 unspecified atom stereocenters. The average molecular weight is 352 g/mol. The van der Waals surface area contributed by atoms with Crippen LogP contribution in [0, 0.1) is 5.41 Å². The van der Waals surface area contributed by atoms with Crippen LogP contribution >= 0.6 is 15.9 Å². The highest BCUT2D eigenvalue weighted by molar-refractivity contribution is 9.10. The minimum atomic E-state index is 0.250. The van der Waals surface area contributed by atoms with Crippen LogP contribution < -0.4 is 10.5 Å². The number of rotatable bonds is 3. The molecule has 2 saturated carbocycles. The summed E-state index contributed by atoms with van der Waals surface area (Å²) < 4.78 is 7.58. The molecule has 1 spiro atoms. The van der Waals surface area contributed by atoms with Gasteiger partial charge in [0, 0.05) is 22.4 Å². The van der Waals surface area contributed by atoms with E-state index < -0.39 is 0 Å². The highest BCUT2D eigenvalue weighted by Crippen LogP contribution is 2.52. The SMILES string of the molecule is CC(C)c1cc(Br)ccc1OC1CC(N)C12CCCCC2. The van der Waals surface area contributed by atoms with Crippen LogP contribution in [0.4, 0.5) is 0 Å². The molecule has 3 heteroatoms. The molecule has 3 rings (SSSR count). The third-order valence-corrected chi connectivity index (χ3v) is 5.99. The van der Waals surface area contributed by atoms with Crippen LogP contribution in [0.1, 0.15) is 63.9 Å². The number of halogens is 1. The lowest BCUT2D eigenvalue weighted by Crippen LogP contribution is -2.64. The second kappa shape index (κ2) is 5.92. The zero-order valence-electron chi connectivity index (χ0n) is 13.1. The van der Waals surface area contributed by atoms with Crippen molar-refractivity contribution in [2.24, 2.45) is 11.1 Å². The monoisotopic (exact) mass is 351 g/mol. The fourth-order valence-electron chi connectivity index (χ4n) is 4.08. The number of benzene rings is 1. The third-order valence-electron chi connectivity index (χ3n) is 5.50. The predicted octanol–water partition coefficient (Wildman–Crippen LogP) is 5.00. The van der Waals surface area contributed by atoms with Crippen molar-refractivity contribution >= 4 is 15.9 Å². The fraction of sp³-hybridized carbons (Fsp3) is 0.667. The number of ether oxygens (including phenoxy) is 1. The van der Waals surface area contributed by atoms with Gasteiger partial charge >= 0.3 is 0 Å². The quantitative estimate of drug-likeness (QED) is 0.831. The molecule has 0 radical (unpaired) electrons. The van der Waals surface area contributed by atoms with Crippen molar-refractivity contribution < 1.29 is 4.74 Å². The Hall–Kier alpha value is -0.540. The van der Waals surface area contributed by atoms with Gasteiger partial charge in [0.05, 0.1) is 0 Å². The topological polar surface area (TPSA) is 35.2 Å². The van der Waals surface area contributed by atoms with Gasteiger partial charge in [-0.1, -0.05) is 49.0 Å². The lowest BCUT2D eigenvalue weighted by molar-refractivity contribution is -0.0902. The number of hydrogen-bond donors (Lipinski definition) is 1. The molecule has 2 nitrogen and oxygen atoms in total. The molecule has 2 atom stereocenters. The Morgan fingerprint density at radius 2 is 1.95 bits per heavy atom. The molecule has 1 aromatic carbocycles. The number of nitrogens with two attached hydrogens (primary N) is 1. The van der Waals surface area contributed by atoms with Crippen LogP contribution in [0.2, 0.25) is 0 Å². The van der Waals surface area contributed by atoms with Crippen LogP contribution in [0.25, 0.3) is 0 Å². The maximum Gasteiger partial charge on any atom is 0.123 e. The summed E-state index contributed by atoms with van der Waals surface area (Å²) in [5, 5.41) is 0. The third kappa shape index (κ3) is 2.75. The predicted molar refractivity (Wildman–Crippen MR) is 90.8 cm³/mol. The summed E-state index contributed by atoms with van der Waals surface area (Å²) in [6.45, 7) is 4.44. The Balaban J connectivity index is 1.81. The van der Waals surface area contributed by atoms with Gasteiger partial charge < -0.3 is 10.5 Å². The molecule has 0 amide bonds. The molecule has 21 heavy (non-hydrogen) atoms. The van der Waals surface area contributed by atoms with E-state index in [0.29, 0.717) is 18.1 Å². The summed E-state index contributed by atoms with van der Waals surface area (Å²) >= 11 is 3.57. The largest absolute Gasteiger partial charge is 0.489 e. The molecule has 2 aliphatic rings. The standard InChI is InChI=1S/C18H26BrNO/c1-12(2)14-10-13(19)6-7-15(14)21-17-11-16(20)18(17)8-4-3-5-9-18/h6-7,10,12,16-17H,3-5,8-9,11,20H2,1-2H3. The van der Waals surface area contributed by atoms with E-state index in [1.165, 1.54) is 37.7 Å². The van der Waals surface area contributed by atoms with Crippen LogP contribution in [0.3, 0.4) is 0 Å². The van der Waals surface area contributed by atoms with Crippen LogP contribution in [-0.4, -0.2) is 12.1 Å². The molecule has 2 N–H and O–H groups in total. The van der Waals surface area contributed by atoms with E-state index in [1.54, 1.807) is 0 Å². The van der Waals surface area contributed by atoms with Crippen molar-refractivity contribution in [2.75, 3.05) is 0 Å². The first-order valence-corrected chi connectivity index (χ1v) is 9.04. The number of hydrogen-bond acceptors (Lipinski definition) is 2. The molecule has 0 saturated heterocycles. The first-order valence-electron chi connectivity index (χ1n) is 8.24. The van der Waals surface area contributed by atoms with E-state index in [9.17, 15) is 0 Å². The van der Waals surface area contributed by atoms with E-state index in [4.69, 9.17) is 10.5 Å². The molecule has 2 aliphatic carbocycles. The van der Waals surface area contributed by atoms with Gasteiger partial charge in [0.1, 0.15) is 11.9 Å². The minimum absolute atomic E-state index is 0.250. The maximum absolute atomic E-state index is 6.46. The van der Waals surface area contributed by atoms with Crippen molar-refractivity contribution in [2.45, 2.75) is 70.4 Å². The lowest BCUT2D eigenvalue weighted by Gasteiger charge is -2.56. The van der Waals surface area contributed by atoms with E-state index in [1.807, 2.05) is 0 Å². The fourth-order valence-corrected chi connectivity index (χ4v) is 4.46. The molecule has 0 aliphatic heterocycles. The summed E-state index contributed by atoms with van der Waals surface area (Å²) in [7, 11) is 0. The minimum Gasteiger partial charge on any atom is -0.489 e. The van der Waals surface area contributed by atoms with Crippen molar-refractivity contribution in [1.29, 1.82) is 0 Å². The van der Waals surface area contributed by atoms with Crippen LogP contribution in [0.5, 0.6) is 5.75 Å². The summed E-state index contributed by atoms with van der Waals surface area (Å²) in [6, 6.07) is 6.71. The van der Waals surface area contributed by atoms with Crippen LogP contribution in [-0.2, 0) is 0 Å². The zero-order valence-corrected chi connectivity index (χ0v) is 14.7. The Labute approximate surface area is 136 Å². The average Bonchev–Trinajstić information content (AvgIpc) is 2.49. The first kappa shape index (κ1) is 15.4. The van der Waals surface area contributed by atoms with Crippen LogP contribution in [0.15, 0.2) is 22.7 Å². The molecular weight excluding hydrogens is 326 g/mol. The lowest BCUT2D eigenvalue weighted by atomic mass is 9.55. The van der Waals surface area contributed by atoms with Gasteiger partial charge in [0.15, 0.2) is 0 Å².